The van der Waals surface area contributed by atoms with Crippen LogP contribution in [-0.2, 0) is 14.3 Å². The van der Waals surface area contributed by atoms with Crippen LogP contribution in [-0.4, -0.2) is 90.2 Å². The third kappa shape index (κ3) is 3.45. The van der Waals surface area contributed by atoms with Gasteiger partial charge in [-0.1, -0.05) is 0 Å². The van der Waals surface area contributed by atoms with E-state index in [2.05, 4.69) is 0 Å². The van der Waals surface area contributed by atoms with Gasteiger partial charge in [-0.2, -0.15) is 0 Å². The number of aliphatic carboxylic acids is 1. The molecule has 2 saturated heterocycles. The van der Waals surface area contributed by atoms with Crippen molar-refractivity contribution >= 4 is 12.0 Å². The summed E-state index contributed by atoms with van der Waals surface area (Å²) in [5.41, 5.74) is 0. The van der Waals surface area contributed by atoms with Gasteiger partial charge in [-0.05, 0) is 6.92 Å². The van der Waals surface area contributed by atoms with Gasteiger partial charge in [0.25, 0.3) is 0 Å². The van der Waals surface area contributed by atoms with E-state index < -0.39 is 24.0 Å². The van der Waals surface area contributed by atoms with Crippen molar-refractivity contribution in [3.8, 4) is 0 Å². The van der Waals surface area contributed by atoms with Crippen LogP contribution in [0.2, 0.25) is 0 Å². The second-order valence-electron chi connectivity index (χ2n) is 5.60. The Labute approximate surface area is 123 Å². The number of aliphatic hydroxyl groups is 1. The lowest BCUT2D eigenvalue weighted by molar-refractivity contribution is -0.142. The molecule has 2 N–H and O–H groups in total. The van der Waals surface area contributed by atoms with Gasteiger partial charge in [-0.3, -0.25) is 4.79 Å². The number of carboxylic acid groups (broad SMARTS) is 1. The summed E-state index contributed by atoms with van der Waals surface area (Å²) >= 11 is 0. The van der Waals surface area contributed by atoms with Crippen molar-refractivity contribution in [1.82, 2.24) is 9.80 Å². The standard InChI is InChI=1S/C13H22N2O6/c1-8-3-15(4-9(5-16)21-8)13(19)14(2)11-7-20-6-10(11)12(17)18/h8-11,16H,3-7H2,1-2H3,(H,17,18). The second kappa shape index (κ2) is 6.59. The Hall–Kier alpha value is -1.38. The number of amides is 2. The fourth-order valence-corrected chi connectivity index (χ4v) is 2.83. The highest BCUT2D eigenvalue weighted by molar-refractivity contribution is 5.77. The molecule has 2 rings (SSSR count). The first-order valence-corrected chi connectivity index (χ1v) is 7.02. The number of likely N-dealkylation sites (N-methyl/N-ethyl adjacent to an activating group) is 1. The first kappa shape index (κ1) is 16.0. The number of nitrogens with zero attached hydrogens (tertiary/aromatic N) is 2. The molecule has 4 unspecified atom stereocenters. The molecule has 8 nitrogen and oxygen atoms in total. The summed E-state index contributed by atoms with van der Waals surface area (Å²) in [6.45, 7) is 2.75. The SMILES string of the molecule is CC1CN(C(=O)N(C)C2COCC2C(=O)O)CC(CO)O1. The summed E-state index contributed by atoms with van der Waals surface area (Å²) in [6.07, 6.45) is -0.565. The second-order valence-corrected chi connectivity index (χ2v) is 5.60. The van der Waals surface area contributed by atoms with Crippen molar-refractivity contribution in [3.05, 3.63) is 0 Å². The maximum absolute atomic E-state index is 12.5. The van der Waals surface area contributed by atoms with Gasteiger partial charge in [-0.25, -0.2) is 4.79 Å². The van der Waals surface area contributed by atoms with Crippen LogP contribution in [0.25, 0.3) is 0 Å². The summed E-state index contributed by atoms with van der Waals surface area (Å²) in [5.74, 6) is -1.66. The van der Waals surface area contributed by atoms with Gasteiger partial charge >= 0.3 is 12.0 Å². The molecule has 2 aliphatic heterocycles. The maximum atomic E-state index is 12.5. The fraction of sp³-hybridized carbons (Fsp3) is 0.846. The maximum Gasteiger partial charge on any atom is 0.320 e. The lowest BCUT2D eigenvalue weighted by atomic mass is 10.0. The normalized spacial score (nSPS) is 33.0. The quantitative estimate of drug-likeness (QED) is 0.709. The Morgan fingerprint density at radius 1 is 1.33 bits per heavy atom. The number of urea groups is 1. The van der Waals surface area contributed by atoms with Crippen LogP contribution in [0.4, 0.5) is 4.79 Å². The van der Waals surface area contributed by atoms with Crippen LogP contribution in [0, 0.1) is 5.92 Å². The number of morpholine rings is 1. The Morgan fingerprint density at radius 3 is 2.67 bits per heavy atom. The largest absolute Gasteiger partial charge is 0.481 e. The topological polar surface area (TPSA) is 99.5 Å². The van der Waals surface area contributed by atoms with Gasteiger partial charge in [0.2, 0.25) is 0 Å². The highest BCUT2D eigenvalue weighted by atomic mass is 16.5. The summed E-state index contributed by atoms with van der Waals surface area (Å²) in [7, 11) is 1.59. The lowest BCUT2D eigenvalue weighted by Crippen LogP contribution is -2.56. The highest BCUT2D eigenvalue weighted by Crippen LogP contribution is 2.21. The molecule has 0 spiro atoms. The van der Waals surface area contributed by atoms with Gasteiger partial charge in [0.1, 0.15) is 5.92 Å². The molecule has 0 radical (unpaired) electrons. The number of carboxylic acids is 1. The zero-order valence-corrected chi connectivity index (χ0v) is 12.3. The smallest absolute Gasteiger partial charge is 0.320 e. The van der Waals surface area contributed by atoms with Crippen LogP contribution in [0.5, 0.6) is 0 Å². The molecule has 120 valence electrons. The molecule has 8 heteroatoms. The summed E-state index contributed by atoms with van der Waals surface area (Å²) in [5, 5.41) is 18.4. The predicted molar refractivity (Wildman–Crippen MR) is 71.9 cm³/mol. The Morgan fingerprint density at radius 2 is 2.05 bits per heavy atom. The van der Waals surface area contributed by atoms with Crippen LogP contribution < -0.4 is 0 Å². The number of aliphatic hydroxyl groups excluding tert-OH is 1. The van der Waals surface area contributed by atoms with Crippen LogP contribution in [0.3, 0.4) is 0 Å². The Balaban J connectivity index is 2.03. The third-order valence-corrected chi connectivity index (χ3v) is 3.97. The van der Waals surface area contributed by atoms with Gasteiger partial charge in [0, 0.05) is 13.6 Å². The molecular weight excluding hydrogens is 280 g/mol. The molecule has 2 amide bonds. The van der Waals surface area contributed by atoms with E-state index in [0.717, 1.165) is 0 Å². The van der Waals surface area contributed by atoms with Crippen molar-refractivity contribution in [2.75, 3.05) is 40.0 Å². The minimum Gasteiger partial charge on any atom is -0.481 e. The molecule has 2 heterocycles. The van der Waals surface area contributed by atoms with Crippen molar-refractivity contribution in [2.24, 2.45) is 5.92 Å². The highest BCUT2D eigenvalue weighted by Gasteiger charge is 2.40. The van der Waals surface area contributed by atoms with Gasteiger partial charge in [-0.15, -0.1) is 0 Å². The summed E-state index contributed by atoms with van der Waals surface area (Å²) in [6, 6.07) is -0.730. The molecule has 0 aromatic carbocycles. The number of carbonyl (C=O) groups excluding carboxylic acids is 1. The lowest BCUT2D eigenvalue weighted by Gasteiger charge is -2.39. The van der Waals surface area contributed by atoms with Crippen LogP contribution in [0.1, 0.15) is 6.92 Å². The Bertz CT molecular complexity index is 404. The molecule has 0 aromatic heterocycles. The van der Waals surface area contributed by atoms with E-state index in [1.807, 2.05) is 6.92 Å². The van der Waals surface area contributed by atoms with Crippen molar-refractivity contribution in [2.45, 2.75) is 25.2 Å². The molecule has 21 heavy (non-hydrogen) atoms. The Kier molecular flexibility index (Phi) is 5.02. The van der Waals surface area contributed by atoms with E-state index in [9.17, 15) is 14.7 Å². The van der Waals surface area contributed by atoms with E-state index in [1.165, 1.54) is 4.90 Å². The van der Waals surface area contributed by atoms with Gasteiger partial charge in [0.15, 0.2) is 0 Å². The molecule has 0 aromatic rings. The zero-order chi connectivity index (χ0) is 15.6. The average molecular weight is 302 g/mol. The van der Waals surface area contributed by atoms with Crippen LogP contribution >= 0.6 is 0 Å². The molecular formula is C13H22N2O6. The van der Waals surface area contributed by atoms with E-state index in [1.54, 1.807) is 11.9 Å². The number of hydrogen-bond donors (Lipinski definition) is 2. The molecule has 2 fully saturated rings. The first-order valence-electron chi connectivity index (χ1n) is 7.02. The van der Waals surface area contributed by atoms with Gasteiger partial charge in [0.05, 0.1) is 44.6 Å². The van der Waals surface area contributed by atoms with E-state index in [-0.39, 0.29) is 32.0 Å². The first-order chi connectivity index (χ1) is 9.93. The summed E-state index contributed by atoms with van der Waals surface area (Å²) < 4.78 is 10.7. The van der Waals surface area contributed by atoms with Crippen molar-refractivity contribution in [1.29, 1.82) is 0 Å². The molecule has 0 saturated carbocycles. The monoisotopic (exact) mass is 302 g/mol. The average Bonchev–Trinajstić information content (AvgIpc) is 2.94. The fourth-order valence-electron chi connectivity index (χ4n) is 2.83. The number of rotatable bonds is 3. The molecule has 4 atom stereocenters. The van der Waals surface area contributed by atoms with Crippen molar-refractivity contribution in [3.63, 3.8) is 0 Å². The predicted octanol–water partition coefficient (Wildman–Crippen LogP) is -0.781. The minimum atomic E-state index is -0.958. The van der Waals surface area contributed by atoms with E-state index >= 15 is 0 Å². The number of hydrogen-bond acceptors (Lipinski definition) is 5. The number of carbonyl (C=O) groups is 2. The minimum absolute atomic E-state index is 0.121. The van der Waals surface area contributed by atoms with E-state index in [0.29, 0.717) is 13.1 Å². The number of ether oxygens (including phenoxy) is 2. The van der Waals surface area contributed by atoms with E-state index in [4.69, 9.17) is 14.6 Å². The third-order valence-electron chi connectivity index (χ3n) is 3.97. The van der Waals surface area contributed by atoms with Crippen molar-refractivity contribution < 1.29 is 29.3 Å². The zero-order valence-electron chi connectivity index (χ0n) is 12.3. The molecule has 0 bridgehead atoms. The molecule has 2 aliphatic rings. The summed E-state index contributed by atoms with van der Waals surface area (Å²) in [4.78, 5) is 26.7. The van der Waals surface area contributed by atoms with Gasteiger partial charge < -0.3 is 29.5 Å². The molecule has 0 aliphatic carbocycles. The van der Waals surface area contributed by atoms with Crippen LogP contribution in [0.15, 0.2) is 0 Å².